The van der Waals surface area contributed by atoms with Crippen LogP contribution < -0.4 is 10.6 Å². The molecule has 2 aromatic rings. The van der Waals surface area contributed by atoms with Gasteiger partial charge in [0.25, 0.3) is 0 Å². The summed E-state index contributed by atoms with van der Waals surface area (Å²) in [6.45, 7) is 5.53. The average Bonchev–Trinajstić information content (AvgIpc) is 3.34. The van der Waals surface area contributed by atoms with Gasteiger partial charge in [-0.25, -0.2) is 4.98 Å². The minimum absolute atomic E-state index is 0.335. The molecule has 8 nitrogen and oxygen atoms in total. The number of likely N-dealkylation sites (N-methyl/N-ethyl adjacent to an activating group) is 2. The molecule has 1 aliphatic heterocycles. The van der Waals surface area contributed by atoms with Crippen LogP contribution in [0.4, 0.5) is 5.82 Å². The van der Waals surface area contributed by atoms with Crippen LogP contribution in [0.1, 0.15) is 40.8 Å². The second-order valence-corrected chi connectivity index (χ2v) is 10.1. The topological polar surface area (TPSA) is 113 Å². The maximum Gasteiger partial charge on any atom is 0.235 e. The summed E-state index contributed by atoms with van der Waals surface area (Å²) in [5.41, 5.74) is 7.89. The van der Waals surface area contributed by atoms with Crippen molar-refractivity contribution in [2.45, 2.75) is 36.1 Å². The van der Waals surface area contributed by atoms with E-state index in [-0.39, 0.29) is 0 Å². The number of pyridine rings is 1. The zero-order valence-corrected chi connectivity index (χ0v) is 21.7. The van der Waals surface area contributed by atoms with Crippen molar-refractivity contribution in [3.05, 3.63) is 52.6 Å². The summed E-state index contributed by atoms with van der Waals surface area (Å²) >= 11 is 1.17. The van der Waals surface area contributed by atoms with E-state index in [1.54, 1.807) is 0 Å². The summed E-state index contributed by atoms with van der Waals surface area (Å²) < 4.78 is 0. The third-order valence-electron chi connectivity index (χ3n) is 6.51. The fraction of sp³-hybridized carbons (Fsp3) is 0.462. The molecule has 2 heterocycles. The summed E-state index contributed by atoms with van der Waals surface area (Å²) in [7, 11) is 6.15. The Kier molecular flexibility index (Phi) is 9.11. The number of nitrogens with zero attached hydrogens (tertiary/aromatic N) is 6. The maximum absolute atomic E-state index is 12.3. The van der Waals surface area contributed by atoms with E-state index >= 15 is 0 Å². The molecule has 1 saturated heterocycles. The zero-order chi connectivity index (χ0) is 25.5. The summed E-state index contributed by atoms with van der Waals surface area (Å²) in [4.78, 5) is 23.8. The van der Waals surface area contributed by atoms with Crippen molar-refractivity contribution in [2.75, 3.05) is 52.2 Å². The smallest absolute Gasteiger partial charge is 0.235 e. The van der Waals surface area contributed by atoms with Crippen molar-refractivity contribution in [3.63, 3.8) is 0 Å². The van der Waals surface area contributed by atoms with Gasteiger partial charge in [-0.2, -0.15) is 10.5 Å². The molecule has 184 valence electrons. The van der Waals surface area contributed by atoms with Crippen LogP contribution in [-0.4, -0.2) is 74.1 Å². The molecule has 0 bridgehead atoms. The van der Waals surface area contributed by atoms with Gasteiger partial charge in [-0.15, -0.1) is 0 Å². The second kappa shape index (κ2) is 12.0. The molecular formula is C26H33N7OS. The number of carbonyl (C=O) groups is 1. The van der Waals surface area contributed by atoms with Gasteiger partial charge in [-0.05, 0) is 44.6 Å². The van der Waals surface area contributed by atoms with E-state index in [1.807, 2.05) is 49.2 Å². The molecule has 0 saturated carbocycles. The summed E-state index contributed by atoms with van der Waals surface area (Å²) in [6, 6.07) is 14.3. The number of hydrogen-bond acceptors (Lipinski definition) is 8. The average molecular weight is 492 g/mol. The van der Waals surface area contributed by atoms with Gasteiger partial charge in [0.1, 0.15) is 28.2 Å². The number of nitrogens with two attached hydrogens (primary N) is 1. The normalized spacial score (nSPS) is 16.6. The van der Waals surface area contributed by atoms with Gasteiger partial charge in [0.2, 0.25) is 5.91 Å². The Balaban J connectivity index is 1.93. The van der Waals surface area contributed by atoms with Gasteiger partial charge in [0.05, 0.1) is 11.1 Å². The lowest BCUT2D eigenvalue weighted by Crippen LogP contribution is -2.36. The van der Waals surface area contributed by atoms with E-state index in [0.29, 0.717) is 46.5 Å². The Labute approximate surface area is 212 Å². The first-order chi connectivity index (χ1) is 16.8. The summed E-state index contributed by atoms with van der Waals surface area (Å²) in [5.74, 6) is 0.0270. The number of amides is 1. The fourth-order valence-electron chi connectivity index (χ4n) is 4.41. The zero-order valence-electron chi connectivity index (χ0n) is 20.9. The number of carbonyl (C=O) groups excluding carboxylic acids is 1. The number of benzene rings is 1. The number of aromatic nitrogens is 1. The molecule has 1 unspecified atom stereocenters. The lowest BCUT2D eigenvalue weighted by molar-refractivity contribution is -0.117. The number of primary amides is 1. The molecule has 2 N–H and O–H groups in total. The molecule has 1 aliphatic rings. The van der Waals surface area contributed by atoms with Crippen LogP contribution >= 0.6 is 11.8 Å². The molecule has 1 aromatic heterocycles. The largest absolute Gasteiger partial charge is 0.368 e. The molecule has 1 amide bonds. The van der Waals surface area contributed by atoms with Crippen LogP contribution in [0.15, 0.2) is 35.4 Å². The Morgan fingerprint density at radius 2 is 1.91 bits per heavy atom. The second-order valence-electron chi connectivity index (χ2n) is 8.99. The lowest BCUT2D eigenvalue weighted by atomic mass is 10.0. The molecule has 0 radical (unpaired) electrons. The Morgan fingerprint density at radius 3 is 2.46 bits per heavy atom. The number of hydrogen-bond donors (Lipinski definition) is 1. The molecule has 1 aromatic carbocycles. The number of nitriles is 2. The highest BCUT2D eigenvalue weighted by molar-refractivity contribution is 8.00. The van der Waals surface area contributed by atoms with E-state index in [9.17, 15) is 15.3 Å². The van der Waals surface area contributed by atoms with Gasteiger partial charge in [-0.3, -0.25) is 9.69 Å². The van der Waals surface area contributed by atoms with Crippen molar-refractivity contribution in [2.24, 2.45) is 5.73 Å². The van der Waals surface area contributed by atoms with E-state index in [2.05, 4.69) is 36.0 Å². The van der Waals surface area contributed by atoms with Crippen molar-refractivity contribution >= 4 is 23.5 Å². The van der Waals surface area contributed by atoms with Gasteiger partial charge in [0, 0.05) is 32.7 Å². The van der Waals surface area contributed by atoms with Gasteiger partial charge in [0.15, 0.2) is 0 Å². The number of thioether (sulfide) groups is 1. The Bertz CT molecular complexity index is 1120. The van der Waals surface area contributed by atoms with E-state index in [1.165, 1.54) is 11.8 Å². The minimum Gasteiger partial charge on any atom is -0.368 e. The molecule has 3 rings (SSSR count). The SMILES string of the molecule is CCc1c(C#N)c(SC(C(N)=O)c2ccccc2)nc(N(C)CCN2CC[C@@H](N(C)C)C2)c1C#N. The van der Waals surface area contributed by atoms with Gasteiger partial charge >= 0.3 is 0 Å². The van der Waals surface area contributed by atoms with Crippen molar-refractivity contribution in [3.8, 4) is 12.1 Å². The molecule has 0 spiro atoms. The number of likely N-dealkylation sites (tertiary alicyclic amines) is 1. The van der Waals surface area contributed by atoms with E-state index < -0.39 is 11.2 Å². The van der Waals surface area contributed by atoms with Crippen molar-refractivity contribution in [1.82, 2.24) is 14.8 Å². The molecular weight excluding hydrogens is 458 g/mol. The number of anilines is 1. The monoisotopic (exact) mass is 491 g/mol. The number of rotatable bonds is 10. The quantitative estimate of drug-likeness (QED) is 0.505. The third-order valence-corrected chi connectivity index (χ3v) is 7.77. The first-order valence-electron chi connectivity index (χ1n) is 11.8. The van der Waals surface area contributed by atoms with E-state index in [0.717, 1.165) is 31.6 Å². The first-order valence-corrected chi connectivity index (χ1v) is 12.7. The molecule has 9 heteroatoms. The van der Waals surface area contributed by atoms with Crippen molar-refractivity contribution < 1.29 is 4.79 Å². The highest BCUT2D eigenvalue weighted by atomic mass is 32.2. The Morgan fingerprint density at radius 1 is 1.23 bits per heavy atom. The standard InChI is InChI=1S/C26H33N7OS/c1-5-20-21(15-27)25(32(4)13-14-33-12-11-19(17-33)31(2)3)30-26(22(20)16-28)35-23(24(29)34)18-9-7-6-8-10-18/h6-10,19,23H,5,11-14,17H2,1-4H3,(H2,29,34)/t19-,23?/m1/s1. The van der Waals surface area contributed by atoms with Crippen LogP contribution in [0, 0.1) is 22.7 Å². The van der Waals surface area contributed by atoms with Crippen LogP contribution in [0.3, 0.4) is 0 Å². The minimum atomic E-state index is -0.695. The fourth-order valence-corrected chi connectivity index (χ4v) is 5.47. The lowest BCUT2D eigenvalue weighted by Gasteiger charge is -2.26. The molecule has 2 atom stereocenters. The first kappa shape index (κ1) is 26.5. The van der Waals surface area contributed by atoms with Crippen LogP contribution in [-0.2, 0) is 11.2 Å². The predicted octanol–water partition coefficient (Wildman–Crippen LogP) is 2.78. The summed E-state index contributed by atoms with van der Waals surface area (Å²) in [6.07, 6.45) is 1.65. The molecule has 1 fully saturated rings. The Hall–Kier alpha value is -3.11. The maximum atomic E-state index is 12.3. The van der Waals surface area contributed by atoms with Crippen LogP contribution in [0.5, 0.6) is 0 Å². The van der Waals surface area contributed by atoms with E-state index in [4.69, 9.17) is 10.7 Å². The molecule has 0 aliphatic carbocycles. The summed E-state index contributed by atoms with van der Waals surface area (Å²) in [5, 5.41) is 19.7. The van der Waals surface area contributed by atoms with Gasteiger partial charge < -0.3 is 15.5 Å². The predicted molar refractivity (Wildman–Crippen MR) is 139 cm³/mol. The van der Waals surface area contributed by atoms with Crippen LogP contribution in [0.2, 0.25) is 0 Å². The highest BCUT2D eigenvalue weighted by Gasteiger charge is 2.28. The third kappa shape index (κ3) is 6.12. The molecule has 35 heavy (non-hydrogen) atoms. The van der Waals surface area contributed by atoms with Crippen LogP contribution in [0.25, 0.3) is 0 Å². The highest BCUT2D eigenvalue weighted by Crippen LogP contribution is 2.39. The van der Waals surface area contributed by atoms with Crippen molar-refractivity contribution in [1.29, 1.82) is 10.5 Å². The van der Waals surface area contributed by atoms with Gasteiger partial charge in [-0.1, -0.05) is 49.0 Å².